The highest BCUT2D eigenvalue weighted by molar-refractivity contribution is 7.15. The number of hydrogen-bond acceptors (Lipinski definition) is 1. The zero-order chi connectivity index (χ0) is 13.0. The summed E-state index contributed by atoms with van der Waals surface area (Å²) in [4.78, 5) is 11.1. The van der Waals surface area contributed by atoms with Crippen LogP contribution in [0.15, 0.2) is 24.3 Å². The van der Waals surface area contributed by atoms with E-state index in [1.54, 1.807) is 7.05 Å². The van der Waals surface area contributed by atoms with E-state index in [0.29, 0.717) is 0 Å². The van der Waals surface area contributed by atoms with E-state index in [0.717, 1.165) is 12.0 Å². The van der Waals surface area contributed by atoms with Gasteiger partial charge in [0.05, 0.1) is 0 Å². The van der Waals surface area contributed by atoms with Gasteiger partial charge in [-0.25, -0.2) is 0 Å². The van der Waals surface area contributed by atoms with Crippen molar-refractivity contribution < 1.29 is 4.79 Å². The summed E-state index contributed by atoms with van der Waals surface area (Å²) in [6, 6.07) is 7.64. The molecule has 1 atom stereocenters. The third-order valence-corrected chi connectivity index (χ3v) is 1.85. The van der Waals surface area contributed by atoms with Crippen molar-refractivity contribution in [2.24, 2.45) is 0 Å². The molecule has 0 bridgehead atoms. The minimum Gasteiger partial charge on any atom is -0.355 e. The van der Waals surface area contributed by atoms with Gasteiger partial charge >= 0.3 is 0 Å². The summed E-state index contributed by atoms with van der Waals surface area (Å²) in [5.41, 5.74) is 1.97. The number of carbonyl (C=O) groups excluding carboxylic acids is 1. The maximum absolute atomic E-state index is 11.1. The van der Waals surface area contributed by atoms with Gasteiger partial charge in [0.1, 0.15) is 0 Å². The lowest BCUT2D eigenvalue weighted by Gasteiger charge is -2.00. The molecule has 16 heavy (non-hydrogen) atoms. The van der Waals surface area contributed by atoms with Crippen molar-refractivity contribution in [3.8, 4) is 0 Å². The van der Waals surface area contributed by atoms with Gasteiger partial charge in [0.15, 0.2) is 0 Å². The number of benzene rings is 1. The molecule has 2 nitrogen and oxygen atoms in total. The van der Waals surface area contributed by atoms with Crippen molar-refractivity contribution in [2.45, 2.75) is 27.2 Å². The molecule has 1 aromatic rings. The molecule has 1 rings (SSSR count). The second kappa shape index (κ2) is 12.2. The number of rotatable bonds is 2. The lowest BCUT2D eigenvalue weighted by Crippen LogP contribution is -2.17. The van der Waals surface area contributed by atoms with Crippen molar-refractivity contribution in [1.29, 1.82) is 0 Å². The molecule has 0 saturated heterocycles. The molecule has 1 unspecified atom stereocenters. The van der Waals surface area contributed by atoms with Gasteiger partial charge < -0.3 is 5.32 Å². The Labute approximate surface area is 102 Å². The van der Waals surface area contributed by atoms with Gasteiger partial charge in [0.25, 0.3) is 5.91 Å². The molecule has 3 heteroatoms. The van der Waals surface area contributed by atoms with Crippen LogP contribution in [0.5, 0.6) is 0 Å². The number of aryl methyl sites for hydroxylation is 1. The second-order valence-electron chi connectivity index (χ2n) is 2.63. The molecule has 1 amide bonds. The molecular weight excluding hydrogens is 217 g/mol. The van der Waals surface area contributed by atoms with Crippen LogP contribution in [-0.4, -0.2) is 19.6 Å². The third-order valence-electron chi connectivity index (χ3n) is 1.85. The van der Waals surface area contributed by atoms with Gasteiger partial charge in [-0.2, -0.15) is 0 Å². The molecule has 0 aromatic heterocycles. The molecule has 0 aliphatic heterocycles. The monoisotopic (exact) mass is 241 g/mol. The van der Waals surface area contributed by atoms with Crippen molar-refractivity contribution in [1.82, 2.24) is 5.32 Å². The standard InChI is InChI=1S/C10H13NO.C2H6.CH5P/c1-3-8-4-6-9(7-5-8)10(12)11-2;2*1-2/h4-7H,3H2,1-2H3,(H,11,12);1-2H3;2H2,1H3. The molecule has 92 valence electrons. The first-order chi connectivity index (χ1) is 7.77. The van der Waals surface area contributed by atoms with Crippen LogP contribution in [0.3, 0.4) is 0 Å². The normalized spacial score (nSPS) is 7.88. The molecular formula is C13H24NOP. The Morgan fingerprint density at radius 3 is 1.94 bits per heavy atom. The van der Waals surface area contributed by atoms with E-state index in [1.165, 1.54) is 5.56 Å². The molecule has 0 saturated carbocycles. The smallest absolute Gasteiger partial charge is 0.251 e. The summed E-state index contributed by atoms with van der Waals surface area (Å²) in [5.74, 6) is -0.0300. The zero-order valence-electron chi connectivity index (χ0n) is 11.0. The van der Waals surface area contributed by atoms with Crippen LogP contribution in [0.2, 0.25) is 0 Å². The molecule has 0 fully saturated rings. The fourth-order valence-electron chi connectivity index (χ4n) is 1.04. The molecule has 0 aliphatic rings. The summed E-state index contributed by atoms with van der Waals surface area (Å²) in [5, 5.41) is 2.58. The van der Waals surface area contributed by atoms with Crippen LogP contribution in [0, 0.1) is 0 Å². The average molecular weight is 241 g/mol. The largest absolute Gasteiger partial charge is 0.355 e. The Hall–Kier alpha value is -0.880. The number of hydrogen-bond donors (Lipinski definition) is 1. The van der Waals surface area contributed by atoms with Gasteiger partial charge in [0.2, 0.25) is 0 Å². The van der Waals surface area contributed by atoms with Gasteiger partial charge in [-0.1, -0.05) is 39.6 Å². The Balaban J connectivity index is 0. The van der Waals surface area contributed by atoms with E-state index in [4.69, 9.17) is 0 Å². The Morgan fingerprint density at radius 2 is 1.62 bits per heavy atom. The highest BCUT2D eigenvalue weighted by Gasteiger charge is 2.00. The van der Waals surface area contributed by atoms with Crippen molar-refractivity contribution >= 4 is 15.1 Å². The Bertz CT molecular complexity index is 270. The van der Waals surface area contributed by atoms with E-state index in [2.05, 4.69) is 21.5 Å². The summed E-state index contributed by atoms with van der Waals surface area (Å²) in [6.45, 7) is 8.01. The van der Waals surface area contributed by atoms with Crippen LogP contribution in [0.25, 0.3) is 0 Å². The van der Waals surface area contributed by atoms with Gasteiger partial charge in [-0.15, -0.1) is 9.24 Å². The van der Waals surface area contributed by atoms with Crippen molar-refractivity contribution in [3.63, 3.8) is 0 Å². The zero-order valence-corrected chi connectivity index (χ0v) is 12.2. The quantitative estimate of drug-likeness (QED) is 0.792. The van der Waals surface area contributed by atoms with Gasteiger partial charge in [0, 0.05) is 12.6 Å². The first-order valence-corrected chi connectivity index (χ1v) is 6.82. The second-order valence-corrected chi connectivity index (χ2v) is 2.63. The summed E-state index contributed by atoms with van der Waals surface area (Å²) < 4.78 is 0. The number of carbonyl (C=O) groups is 1. The maximum Gasteiger partial charge on any atom is 0.251 e. The van der Waals surface area contributed by atoms with E-state index in [-0.39, 0.29) is 5.91 Å². The van der Waals surface area contributed by atoms with Crippen LogP contribution in [0.1, 0.15) is 36.7 Å². The minimum absolute atomic E-state index is 0.0300. The van der Waals surface area contributed by atoms with E-state index < -0.39 is 0 Å². The summed E-state index contributed by atoms with van der Waals surface area (Å²) in [7, 11) is 4.05. The Kier molecular flexibility index (Phi) is 13.3. The molecule has 0 aliphatic carbocycles. The average Bonchev–Trinajstić information content (AvgIpc) is 2.42. The Morgan fingerprint density at radius 1 is 1.19 bits per heavy atom. The molecule has 1 aromatic carbocycles. The van der Waals surface area contributed by atoms with Crippen LogP contribution < -0.4 is 5.32 Å². The predicted octanol–water partition coefficient (Wildman–Crippen LogP) is 3.13. The SMILES string of the molecule is CC.CCc1ccc(C(=O)NC)cc1.CP. The van der Waals surface area contributed by atoms with Crippen LogP contribution >= 0.6 is 9.24 Å². The van der Waals surface area contributed by atoms with Gasteiger partial charge in [-0.3, -0.25) is 4.79 Å². The fourth-order valence-corrected chi connectivity index (χ4v) is 1.04. The topological polar surface area (TPSA) is 29.1 Å². The van der Waals surface area contributed by atoms with Crippen LogP contribution in [-0.2, 0) is 6.42 Å². The van der Waals surface area contributed by atoms with E-state index >= 15 is 0 Å². The van der Waals surface area contributed by atoms with Crippen molar-refractivity contribution in [2.75, 3.05) is 13.7 Å². The van der Waals surface area contributed by atoms with E-state index in [1.807, 2.05) is 44.8 Å². The highest BCUT2D eigenvalue weighted by atomic mass is 31.0. The highest BCUT2D eigenvalue weighted by Crippen LogP contribution is 2.04. The maximum atomic E-state index is 11.1. The summed E-state index contributed by atoms with van der Waals surface area (Å²) in [6.07, 6.45) is 1.01. The molecule has 0 heterocycles. The first kappa shape index (κ1) is 17.5. The van der Waals surface area contributed by atoms with Crippen molar-refractivity contribution in [3.05, 3.63) is 35.4 Å². The summed E-state index contributed by atoms with van der Waals surface area (Å²) >= 11 is 0. The molecule has 1 N–H and O–H groups in total. The predicted molar refractivity (Wildman–Crippen MR) is 76.2 cm³/mol. The number of amides is 1. The van der Waals surface area contributed by atoms with Crippen LogP contribution in [0.4, 0.5) is 0 Å². The van der Waals surface area contributed by atoms with E-state index in [9.17, 15) is 4.79 Å². The fraction of sp³-hybridized carbons (Fsp3) is 0.462. The minimum atomic E-state index is -0.0300. The lowest BCUT2D eigenvalue weighted by molar-refractivity contribution is 0.0963. The van der Waals surface area contributed by atoms with Gasteiger partial charge in [-0.05, 0) is 24.1 Å². The first-order valence-electron chi connectivity index (χ1n) is 5.66. The third kappa shape index (κ3) is 6.58. The lowest BCUT2D eigenvalue weighted by atomic mass is 10.1. The molecule has 0 spiro atoms. The number of nitrogens with one attached hydrogen (secondary N) is 1. The molecule has 0 radical (unpaired) electrons.